The number of carbonyl (C=O) groups excluding carboxylic acids is 1. The third kappa shape index (κ3) is 4.91. The molecule has 1 aliphatic heterocycles. The Morgan fingerprint density at radius 1 is 0.875 bits per heavy atom. The van der Waals surface area contributed by atoms with Crippen molar-refractivity contribution in [3.63, 3.8) is 0 Å². The molecule has 1 fully saturated rings. The maximum absolute atomic E-state index is 12.8. The highest BCUT2D eigenvalue weighted by atomic mass is 35.5. The zero-order chi connectivity index (χ0) is 22.9. The van der Waals surface area contributed by atoms with Crippen LogP contribution in [0.1, 0.15) is 16.3 Å². The van der Waals surface area contributed by atoms with Gasteiger partial charge in [-0.2, -0.15) is 0 Å². The lowest BCUT2D eigenvalue weighted by molar-refractivity contribution is 0.0713. The Hall–Kier alpha value is -2.19. The van der Waals surface area contributed by atoms with E-state index >= 15 is 0 Å². The molecule has 0 saturated carbocycles. The van der Waals surface area contributed by atoms with E-state index in [1.54, 1.807) is 11.0 Å². The molecule has 1 amide bonds. The lowest BCUT2D eigenvalue weighted by Crippen LogP contribution is -2.48. The molecule has 0 spiro atoms. The van der Waals surface area contributed by atoms with Crippen molar-refractivity contribution in [2.24, 2.45) is 0 Å². The summed E-state index contributed by atoms with van der Waals surface area (Å²) in [5.41, 5.74) is 1.05. The van der Waals surface area contributed by atoms with Gasteiger partial charge in [0.05, 0.1) is 10.0 Å². The zero-order valence-electron chi connectivity index (χ0n) is 16.8. The first-order chi connectivity index (χ1) is 15.2. The minimum atomic E-state index is -3.85. The third-order valence-electron chi connectivity index (χ3n) is 5.19. The van der Waals surface area contributed by atoms with Gasteiger partial charge in [0.25, 0.3) is 5.91 Å². The molecule has 2 aromatic carbocycles. The van der Waals surface area contributed by atoms with Gasteiger partial charge in [-0.25, -0.2) is 8.42 Å². The largest absolute Gasteiger partial charge is 0.455 e. The molecule has 1 aromatic heterocycles. The van der Waals surface area contributed by atoms with Crippen LogP contribution in [0.3, 0.4) is 0 Å². The van der Waals surface area contributed by atoms with Gasteiger partial charge in [0.2, 0.25) is 0 Å². The number of halogens is 3. The number of hydrogen-bond donors (Lipinski definition) is 0. The summed E-state index contributed by atoms with van der Waals surface area (Å²) in [5.74, 6) is -0.488. The number of nitrogens with zero attached hydrogens (tertiary/aromatic N) is 2. The highest BCUT2D eigenvalue weighted by molar-refractivity contribution is 7.90. The minimum absolute atomic E-state index is 0.0407. The monoisotopic (exact) mass is 512 g/mol. The van der Waals surface area contributed by atoms with Crippen LogP contribution in [0.2, 0.25) is 15.1 Å². The average Bonchev–Trinajstić information content (AvgIpc) is 3.21. The number of furan rings is 1. The number of carbonyl (C=O) groups is 1. The first kappa shape index (κ1) is 23.0. The van der Waals surface area contributed by atoms with Crippen LogP contribution in [0.5, 0.6) is 0 Å². The van der Waals surface area contributed by atoms with Gasteiger partial charge in [0.15, 0.2) is 15.6 Å². The van der Waals surface area contributed by atoms with Crippen LogP contribution in [0.4, 0.5) is 5.69 Å². The number of rotatable bonds is 5. The van der Waals surface area contributed by atoms with E-state index in [2.05, 4.69) is 4.90 Å². The van der Waals surface area contributed by atoms with Gasteiger partial charge in [-0.05, 0) is 48.5 Å². The molecule has 0 aliphatic carbocycles. The summed E-state index contributed by atoms with van der Waals surface area (Å²) in [6, 6.07) is 15.0. The number of benzene rings is 2. The molecule has 2 heterocycles. The fourth-order valence-electron chi connectivity index (χ4n) is 3.59. The van der Waals surface area contributed by atoms with E-state index in [1.165, 1.54) is 24.3 Å². The molecular formula is C22H19Cl3N2O4S. The van der Waals surface area contributed by atoms with Gasteiger partial charge >= 0.3 is 0 Å². The second-order valence-electron chi connectivity index (χ2n) is 7.33. The van der Waals surface area contributed by atoms with E-state index in [0.29, 0.717) is 31.2 Å². The molecule has 0 N–H and O–H groups in total. The van der Waals surface area contributed by atoms with E-state index in [-0.39, 0.29) is 32.4 Å². The number of amides is 1. The molecule has 4 rings (SSSR count). The maximum Gasteiger partial charge on any atom is 0.289 e. The van der Waals surface area contributed by atoms with Gasteiger partial charge in [-0.1, -0.05) is 40.9 Å². The zero-order valence-corrected chi connectivity index (χ0v) is 19.9. The molecule has 1 saturated heterocycles. The van der Waals surface area contributed by atoms with Crippen molar-refractivity contribution in [3.8, 4) is 0 Å². The predicted octanol–water partition coefficient (Wildman–Crippen LogP) is 5.18. The molecule has 0 radical (unpaired) electrons. The Labute approximate surface area is 201 Å². The molecule has 6 nitrogen and oxygen atoms in total. The summed E-state index contributed by atoms with van der Waals surface area (Å²) in [4.78, 5) is 16.6. The van der Waals surface area contributed by atoms with Crippen molar-refractivity contribution in [1.82, 2.24) is 4.90 Å². The van der Waals surface area contributed by atoms with E-state index < -0.39 is 15.6 Å². The number of sulfone groups is 1. The summed E-state index contributed by atoms with van der Waals surface area (Å²) in [5, 5.41) is 0.757. The Balaban J connectivity index is 1.41. The molecule has 168 valence electrons. The van der Waals surface area contributed by atoms with Crippen LogP contribution >= 0.6 is 34.8 Å². The second kappa shape index (κ2) is 9.35. The summed E-state index contributed by atoms with van der Waals surface area (Å²) in [6.45, 7) is 2.37. The Morgan fingerprint density at radius 2 is 1.50 bits per heavy atom. The van der Waals surface area contributed by atoms with Crippen molar-refractivity contribution in [2.75, 3.05) is 31.1 Å². The fraction of sp³-hybridized carbons (Fsp3) is 0.227. The first-order valence-corrected chi connectivity index (χ1v) is 12.6. The van der Waals surface area contributed by atoms with Crippen molar-refractivity contribution >= 4 is 56.2 Å². The molecule has 32 heavy (non-hydrogen) atoms. The Morgan fingerprint density at radius 3 is 2.12 bits per heavy atom. The van der Waals surface area contributed by atoms with Gasteiger partial charge in [-0.15, -0.1) is 0 Å². The topological polar surface area (TPSA) is 70.8 Å². The van der Waals surface area contributed by atoms with Crippen molar-refractivity contribution in [1.29, 1.82) is 0 Å². The van der Waals surface area contributed by atoms with E-state index in [1.807, 2.05) is 24.3 Å². The maximum atomic E-state index is 12.8. The van der Waals surface area contributed by atoms with Gasteiger partial charge in [0, 0.05) is 36.9 Å². The minimum Gasteiger partial charge on any atom is -0.455 e. The van der Waals surface area contributed by atoms with Crippen LogP contribution in [0, 0.1) is 0 Å². The highest BCUT2D eigenvalue weighted by Gasteiger charge is 2.27. The standard InChI is InChI=1S/C22H19Cl3N2O4S/c23-15-4-6-16(7-5-15)26-10-12-27(13-11-26)22(28)20-9-8-17(31-20)14-32(29,30)21-18(24)2-1-3-19(21)25/h1-9H,10-14H2. The average molecular weight is 514 g/mol. The molecule has 0 atom stereocenters. The third-order valence-corrected chi connectivity index (χ3v) is 8.03. The fourth-order valence-corrected chi connectivity index (χ4v) is 6.22. The summed E-state index contributed by atoms with van der Waals surface area (Å²) in [7, 11) is -3.85. The first-order valence-electron chi connectivity index (χ1n) is 9.80. The number of hydrogen-bond acceptors (Lipinski definition) is 5. The summed E-state index contributed by atoms with van der Waals surface area (Å²) >= 11 is 18.0. The second-order valence-corrected chi connectivity index (χ2v) is 10.5. The number of piperazine rings is 1. The molecule has 0 bridgehead atoms. The Bertz CT molecular complexity index is 1210. The molecule has 3 aromatic rings. The van der Waals surface area contributed by atoms with E-state index in [9.17, 15) is 13.2 Å². The van der Waals surface area contributed by atoms with Crippen LogP contribution < -0.4 is 4.90 Å². The van der Waals surface area contributed by atoms with Crippen LogP contribution in [-0.4, -0.2) is 45.4 Å². The molecule has 1 aliphatic rings. The van der Waals surface area contributed by atoms with Gasteiger partial charge in [-0.3, -0.25) is 4.79 Å². The van der Waals surface area contributed by atoms with Crippen molar-refractivity contribution < 1.29 is 17.6 Å². The van der Waals surface area contributed by atoms with Gasteiger partial charge < -0.3 is 14.2 Å². The van der Waals surface area contributed by atoms with E-state index in [4.69, 9.17) is 39.2 Å². The predicted molar refractivity (Wildman–Crippen MR) is 126 cm³/mol. The van der Waals surface area contributed by atoms with Crippen molar-refractivity contribution in [3.05, 3.63) is 81.2 Å². The Kier molecular flexibility index (Phi) is 6.72. The van der Waals surface area contributed by atoms with Gasteiger partial charge in [0.1, 0.15) is 16.4 Å². The van der Waals surface area contributed by atoms with Crippen molar-refractivity contribution in [2.45, 2.75) is 10.6 Å². The summed E-state index contributed by atoms with van der Waals surface area (Å²) < 4.78 is 31.1. The van der Waals surface area contributed by atoms with E-state index in [0.717, 1.165) is 5.69 Å². The lowest BCUT2D eigenvalue weighted by Gasteiger charge is -2.35. The lowest BCUT2D eigenvalue weighted by atomic mass is 10.2. The SMILES string of the molecule is O=C(c1ccc(CS(=O)(=O)c2c(Cl)cccc2Cl)o1)N1CCN(c2ccc(Cl)cc2)CC1. The summed E-state index contributed by atoms with van der Waals surface area (Å²) in [6.07, 6.45) is 0. The molecule has 10 heteroatoms. The smallest absolute Gasteiger partial charge is 0.289 e. The number of anilines is 1. The quantitative estimate of drug-likeness (QED) is 0.470. The molecule has 0 unspecified atom stereocenters. The van der Waals surface area contributed by atoms with Crippen LogP contribution in [-0.2, 0) is 15.6 Å². The highest BCUT2D eigenvalue weighted by Crippen LogP contribution is 2.32. The van der Waals surface area contributed by atoms with Crippen LogP contribution in [0.15, 0.2) is 63.9 Å². The normalized spacial score (nSPS) is 14.6. The van der Waals surface area contributed by atoms with Crippen LogP contribution in [0.25, 0.3) is 0 Å². The molecular weight excluding hydrogens is 495 g/mol.